The molecule has 100 valence electrons. The Morgan fingerprint density at radius 2 is 2.17 bits per heavy atom. The number of likely N-dealkylation sites (N-methyl/N-ethyl adjacent to an activating group) is 1. The molecule has 1 aromatic carbocycles. The molecule has 0 aromatic heterocycles. The Labute approximate surface area is 109 Å². The standard InChI is InChI=1S/C15H23NO2/c1-4-11-7-6-8-12(9-11)18-14-10-13(16-5-2)15(14)17-3/h6-9,13-16H,4-5,10H2,1-3H3. The Bertz CT molecular complexity index is 381. The van der Waals surface area contributed by atoms with Crippen LogP contribution in [0.4, 0.5) is 0 Å². The number of hydrogen-bond acceptors (Lipinski definition) is 3. The molecular weight excluding hydrogens is 226 g/mol. The van der Waals surface area contributed by atoms with Gasteiger partial charge in [0.05, 0.1) is 0 Å². The van der Waals surface area contributed by atoms with Crippen LogP contribution < -0.4 is 10.1 Å². The van der Waals surface area contributed by atoms with Gasteiger partial charge in [-0.1, -0.05) is 26.0 Å². The van der Waals surface area contributed by atoms with Crippen molar-refractivity contribution < 1.29 is 9.47 Å². The topological polar surface area (TPSA) is 30.5 Å². The first-order valence-corrected chi connectivity index (χ1v) is 6.80. The van der Waals surface area contributed by atoms with E-state index in [1.54, 1.807) is 7.11 Å². The van der Waals surface area contributed by atoms with Gasteiger partial charge in [-0.2, -0.15) is 0 Å². The third-order valence-corrected chi connectivity index (χ3v) is 3.58. The minimum Gasteiger partial charge on any atom is -0.488 e. The van der Waals surface area contributed by atoms with Crippen molar-refractivity contribution in [1.29, 1.82) is 0 Å². The highest BCUT2D eigenvalue weighted by Gasteiger charge is 2.42. The van der Waals surface area contributed by atoms with Gasteiger partial charge in [-0.25, -0.2) is 0 Å². The predicted octanol–water partition coefficient (Wildman–Crippen LogP) is 2.39. The number of hydrogen-bond donors (Lipinski definition) is 1. The fourth-order valence-corrected chi connectivity index (χ4v) is 2.49. The molecule has 0 heterocycles. The maximum absolute atomic E-state index is 6.01. The second-order valence-electron chi connectivity index (χ2n) is 4.76. The molecule has 3 heteroatoms. The van der Waals surface area contributed by atoms with Crippen LogP contribution in [0, 0.1) is 0 Å². The van der Waals surface area contributed by atoms with E-state index in [2.05, 4.69) is 37.4 Å². The minimum absolute atomic E-state index is 0.162. The van der Waals surface area contributed by atoms with Gasteiger partial charge < -0.3 is 14.8 Å². The molecule has 2 rings (SSSR count). The summed E-state index contributed by atoms with van der Waals surface area (Å²) in [5.41, 5.74) is 1.31. The van der Waals surface area contributed by atoms with Gasteiger partial charge in [-0.05, 0) is 30.7 Å². The van der Waals surface area contributed by atoms with Crippen LogP contribution in [0.2, 0.25) is 0 Å². The Morgan fingerprint density at radius 1 is 1.33 bits per heavy atom. The monoisotopic (exact) mass is 249 g/mol. The smallest absolute Gasteiger partial charge is 0.128 e. The SMILES string of the molecule is CCNC1CC(Oc2cccc(CC)c2)C1OC. The molecule has 1 fully saturated rings. The molecule has 1 aromatic rings. The second-order valence-corrected chi connectivity index (χ2v) is 4.76. The van der Waals surface area contributed by atoms with E-state index in [0.29, 0.717) is 6.04 Å². The molecule has 1 N–H and O–H groups in total. The molecule has 0 aliphatic heterocycles. The molecule has 0 bridgehead atoms. The molecule has 0 spiro atoms. The van der Waals surface area contributed by atoms with Crippen molar-refractivity contribution in [3.63, 3.8) is 0 Å². The largest absolute Gasteiger partial charge is 0.488 e. The quantitative estimate of drug-likeness (QED) is 0.839. The van der Waals surface area contributed by atoms with Crippen LogP contribution >= 0.6 is 0 Å². The summed E-state index contributed by atoms with van der Waals surface area (Å²) < 4.78 is 11.5. The van der Waals surface area contributed by atoms with Crippen LogP contribution in [-0.2, 0) is 11.2 Å². The van der Waals surface area contributed by atoms with Gasteiger partial charge in [-0.3, -0.25) is 0 Å². The van der Waals surface area contributed by atoms with Crippen molar-refractivity contribution in [2.75, 3.05) is 13.7 Å². The molecule has 3 nitrogen and oxygen atoms in total. The molecule has 1 aliphatic rings. The van der Waals surface area contributed by atoms with E-state index in [0.717, 1.165) is 25.1 Å². The zero-order chi connectivity index (χ0) is 13.0. The summed E-state index contributed by atoms with van der Waals surface area (Å²) in [5, 5.41) is 3.42. The fraction of sp³-hybridized carbons (Fsp3) is 0.600. The summed E-state index contributed by atoms with van der Waals surface area (Å²) in [6, 6.07) is 8.75. The van der Waals surface area contributed by atoms with Crippen LogP contribution in [0.25, 0.3) is 0 Å². The maximum atomic E-state index is 6.01. The van der Waals surface area contributed by atoms with Crippen molar-refractivity contribution in [2.24, 2.45) is 0 Å². The zero-order valence-electron chi connectivity index (χ0n) is 11.5. The number of benzene rings is 1. The summed E-state index contributed by atoms with van der Waals surface area (Å²) in [6.45, 7) is 5.25. The highest BCUT2D eigenvalue weighted by molar-refractivity contribution is 5.29. The molecule has 3 atom stereocenters. The minimum atomic E-state index is 0.162. The van der Waals surface area contributed by atoms with E-state index in [1.807, 2.05) is 6.07 Å². The van der Waals surface area contributed by atoms with Crippen molar-refractivity contribution in [1.82, 2.24) is 5.32 Å². The molecule has 18 heavy (non-hydrogen) atoms. The second kappa shape index (κ2) is 6.21. The predicted molar refractivity (Wildman–Crippen MR) is 73.1 cm³/mol. The number of aryl methyl sites for hydroxylation is 1. The van der Waals surface area contributed by atoms with Crippen LogP contribution in [0.15, 0.2) is 24.3 Å². The number of nitrogens with one attached hydrogen (secondary N) is 1. The van der Waals surface area contributed by atoms with E-state index in [1.165, 1.54) is 5.56 Å². The lowest BCUT2D eigenvalue weighted by atomic mass is 9.85. The highest BCUT2D eigenvalue weighted by Crippen LogP contribution is 2.29. The highest BCUT2D eigenvalue weighted by atomic mass is 16.5. The number of rotatable bonds is 6. The lowest BCUT2D eigenvalue weighted by Crippen LogP contribution is -2.60. The van der Waals surface area contributed by atoms with Crippen molar-refractivity contribution in [2.45, 2.75) is 44.9 Å². The zero-order valence-corrected chi connectivity index (χ0v) is 11.5. The molecule has 3 unspecified atom stereocenters. The Balaban J connectivity index is 1.93. The van der Waals surface area contributed by atoms with E-state index in [-0.39, 0.29) is 12.2 Å². The van der Waals surface area contributed by atoms with E-state index < -0.39 is 0 Å². The summed E-state index contributed by atoms with van der Waals surface area (Å²) >= 11 is 0. The summed E-state index contributed by atoms with van der Waals surface area (Å²) in [6.07, 6.45) is 2.39. The van der Waals surface area contributed by atoms with E-state index in [9.17, 15) is 0 Å². The van der Waals surface area contributed by atoms with Gasteiger partial charge in [0.1, 0.15) is 18.0 Å². The van der Waals surface area contributed by atoms with E-state index in [4.69, 9.17) is 9.47 Å². The Morgan fingerprint density at radius 3 is 2.83 bits per heavy atom. The molecule has 0 amide bonds. The molecular formula is C15H23NO2. The van der Waals surface area contributed by atoms with Crippen LogP contribution in [-0.4, -0.2) is 31.9 Å². The summed E-state index contributed by atoms with van der Waals surface area (Å²) in [5.74, 6) is 0.955. The lowest BCUT2D eigenvalue weighted by molar-refractivity contribution is -0.0884. The van der Waals surface area contributed by atoms with E-state index >= 15 is 0 Å². The molecule has 1 aliphatic carbocycles. The van der Waals surface area contributed by atoms with Crippen molar-refractivity contribution in [3.8, 4) is 5.75 Å². The normalized spacial score (nSPS) is 26.7. The van der Waals surface area contributed by atoms with Crippen LogP contribution in [0.1, 0.15) is 25.8 Å². The van der Waals surface area contributed by atoms with Gasteiger partial charge >= 0.3 is 0 Å². The van der Waals surface area contributed by atoms with Gasteiger partial charge in [0, 0.05) is 19.6 Å². The first-order chi connectivity index (χ1) is 8.78. The van der Waals surface area contributed by atoms with Crippen LogP contribution in [0.3, 0.4) is 0 Å². The lowest BCUT2D eigenvalue weighted by Gasteiger charge is -2.43. The van der Waals surface area contributed by atoms with Crippen molar-refractivity contribution in [3.05, 3.63) is 29.8 Å². The first-order valence-electron chi connectivity index (χ1n) is 6.80. The van der Waals surface area contributed by atoms with Gasteiger partial charge in [0.2, 0.25) is 0 Å². The molecule has 0 saturated heterocycles. The average Bonchev–Trinajstić information content (AvgIpc) is 2.38. The third kappa shape index (κ3) is 2.85. The van der Waals surface area contributed by atoms with Gasteiger partial charge in [0.25, 0.3) is 0 Å². The van der Waals surface area contributed by atoms with Crippen LogP contribution in [0.5, 0.6) is 5.75 Å². The maximum Gasteiger partial charge on any atom is 0.128 e. The molecule has 1 saturated carbocycles. The van der Waals surface area contributed by atoms with Gasteiger partial charge in [0.15, 0.2) is 0 Å². The Hall–Kier alpha value is -1.06. The Kier molecular flexibility index (Phi) is 4.61. The average molecular weight is 249 g/mol. The number of methoxy groups -OCH3 is 1. The number of ether oxygens (including phenoxy) is 2. The molecule has 0 radical (unpaired) electrons. The van der Waals surface area contributed by atoms with Gasteiger partial charge in [-0.15, -0.1) is 0 Å². The fourth-order valence-electron chi connectivity index (χ4n) is 2.49. The summed E-state index contributed by atoms with van der Waals surface area (Å²) in [7, 11) is 1.76. The summed E-state index contributed by atoms with van der Waals surface area (Å²) in [4.78, 5) is 0. The third-order valence-electron chi connectivity index (χ3n) is 3.58. The first kappa shape index (κ1) is 13.4. The van der Waals surface area contributed by atoms with Crippen molar-refractivity contribution >= 4 is 0 Å².